The summed E-state index contributed by atoms with van der Waals surface area (Å²) in [4.78, 5) is 40.4. The van der Waals surface area contributed by atoms with Crippen molar-refractivity contribution in [2.75, 3.05) is 49.9 Å². The summed E-state index contributed by atoms with van der Waals surface area (Å²) in [5.74, 6) is -0.818. The number of para-hydroxylation sites is 1. The zero-order valence-corrected chi connectivity index (χ0v) is 18.0. The zero-order valence-electron chi connectivity index (χ0n) is 18.0. The monoisotopic (exact) mass is 423 g/mol. The molecule has 164 valence electrons. The first-order valence-electron chi connectivity index (χ1n) is 10.3. The summed E-state index contributed by atoms with van der Waals surface area (Å²) in [5, 5.41) is 5.75. The lowest BCUT2D eigenvalue weighted by Gasteiger charge is -2.33. The molecule has 0 atom stereocenters. The summed E-state index contributed by atoms with van der Waals surface area (Å²) in [5.41, 5.74) is 9.12. The number of nitrogens with zero attached hydrogens (tertiary/aromatic N) is 2. The van der Waals surface area contributed by atoms with Crippen LogP contribution in [0.2, 0.25) is 0 Å². The van der Waals surface area contributed by atoms with Crippen LogP contribution >= 0.6 is 0 Å². The lowest BCUT2D eigenvalue weighted by molar-refractivity contribution is -0.120. The van der Waals surface area contributed by atoms with Gasteiger partial charge in [0.15, 0.2) is 0 Å². The molecular formula is C23H29N5O3. The topological polar surface area (TPSA) is 108 Å². The number of benzene rings is 2. The standard InChI is InChI=1S/C23H29N5O3/c1-16-6-5-9-19(17(16)2)25-21(29)14-27-10-12-28(13-11-27)15-22(30)26-20-8-4-3-7-18(20)23(24)31/h3-9H,10-15H2,1-2H3,(H2,24,31)(H,25,29)(H,26,30). The number of carbonyl (C=O) groups excluding carboxylic acids is 3. The van der Waals surface area contributed by atoms with Crippen molar-refractivity contribution in [1.82, 2.24) is 9.80 Å². The molecule has 1 fully saturated rings. The molecular weight excluding hydrogens is 394 g/mol. The first-order valence-corrected chi connectivity index (χ1v) is 10.3. The fraction of sp³-hybridized carbons (Fsp3) is 0.348. The normalized spacial score (nSPS) is 14.8. The minimum Gasteiger partial charge on any atom is -0.366 e. The van der Waals surface area contributed by atoms with Crippen molar-refractivity contribution in [1.29, 1.82) is 0 Å². The Kier molecular flexibility index (Phi) is 7.38. The Morgan fingerprint density at radius 1 is 0.806 bits per heavy atom. The maximum absolute atomic E-state index is 12.4. The predicted octanol–water partition coefficient (Wildman–Crippen LogP) is 1.60. The molecule has 0 saturated carbocycles. The molecule has 1 heterocycles. The van der Waals surface area contributed by atoms with E-state index in [-0.39, 0.29) is 23.9 Å². The molecule has 0 aromatic heterocycles. The Balaban J connectivity index is 1.44. The number of nitrogens with one attached hydrogen (secondary N) is 2. The van der Waals surface area contributed by atoms with Crippen molar-refractivity contribution in [2.24, 2.45) is 5.73 Å². The molecule has 8 heteroatoms. The van der Waals surface area contributed by atoms with Crippen molar-refractivity contribution in [2.45, 2.75) is 13.8 Å². The van der Waals surface area contributed by atoms with Crippen LogP contribution in [0.25, 0.3) is 0 Å². The molecule has 2 aromatic carbocycles. The van der Waals surface area contributed by atoms with Crippen LogP contribution in [0.1, 0.15) is 21.5 Å². The maximum atomic E-state index is 12.4. The van der Waals surface area contributed by atoms with Crippen molar-refractivity contribution >= 4 is 29.1 Å². The van der Waals surface area contributed by atoms with Crippen molar-refractivity contribution in [3.63, 3.8) is 0 Å². The average Bonchev–Trinajstić information content (AvgIpc) is 2.73. The Morgan fingerprint density at radius 3 is 1.90 bits per heavy atom. The number of nitrogens with two attached hydrogens (primary N) is 1. The van der Waals surface area contributed by atoms with E-state index in [2.05, 4.69) is 15.5 Å². The van der Waals surface area contributed by atoms with E-state index >= 15 is 0 Å². The average molecular weight is 424 g/mol. The third-order valence-electron chi connectivity index (χ3n) is 5.54. The Hall–Kier alpha value is -3.23. The summed E-state index contributed by atoms with van der Waals surface area (Å²) in [6, 6.07) is 12.5. The van der Waals surface area contributed by atoms with Gasteiger partial charge < -0.3 is 16.4 Å². The minimum absolute atomic E-state index is 0.0389. The fourth-order valence-corrected chi connectivity index (χ4v) is 3.58. The molecule has 0 bridgehead atoms. The van der Waals surface area contributed by atoms with Crippen LogP contribution < -0.4 is 16.4 Å². The van der Waals surface area contributed by atoms with E-state index in [1.165, 1.54) is 0 Å². The van der Waals surface area contributed by atoms with Gasteiger partial charge in [-0.3, -0.25) is 24.2 Å². The van der Waals surface area contributed by atoms with Crippen molar-refractivity contribution < 1.29 is 14.4 Å². The van der Waals surface area contributed by atoms with Crippen LogP contribution in [-0.4, -0.2) is 66.8 Å². The molecule has 8 nitrogen and oxygen atoms in total. The summed E-state index contributed by atoms with van der Waals surface area (Å²) < 4.78 is 0. The van der Waals surface area contributed by atoms with Gasteiger partial charge in [0.2, 0.25) is 11.8 Å². The minimum atomic E-state index is -0.580. The molecule has 0 spiro atoms. The largest absolute Gasteiger partial charge is 0.366 e. The quantitative estimate of drug-likeness (QED) is 0.627. The molecule has 0 aliphatic carbocycles. The number of anilines is 2. The number of amides is 3. The predicted molar refractivity (Wildman–Crippen MR) is 121 cm³/mol. The molecule has 4 N–H and O–H groups in total. The van der Waals surface area contributed by atoms with Crippen LogP contribution in [0.5, 0.6) is 0 Å². The van der Waals surface area contributed by atoms with E-state index in [4.69, 9.17) is 5.73 Å². The molecule has 1 saturated heterocycles. The Labute approximate surface area is 182 Å². The van der Waals surface area contributed by atoms with Gasteiger partial charge in [0.05, 0.1) is 24.3 Å². The molecule has 0 unspecified atom stereocenters. The first kappa shape index (κ1) is 22.5. The molecule has 31 heavy (non-hydrogen) atoms. The summed E-state index contributed by atoms with van der Waals surface area (Å²) in [6.45, 7) is 7.32. The SMILES string of the molecule is Cc1cccc(NC(=O)CN2CCN(CC(=O)Nc3ccccc3C(N)=O)CC2)c1C. The highest BCUT2D eigenvalue weighted by Gasteiger charge is 2.21. The first-order chi connectivity index (χ1) is 14.8. The Bertz CT molecular complexity index is 967. The maximum Gasteiger partial charge on any atom is 0.250 e. The number of rotatable bonds is 7. The highest BCUT2D eigenvalue weighted by molar-refractivity contribution is 6.03. The van der Waals surface area contributed by atoms with Crippen LogP contribution in [0, 0.1) is 13.8 Å². The van der Waals surface area contributed by atoms with Crippen LogP contribution in [0.4, 0.5) is 11.4 Å². The second-order valence-electron chi connectivity index (χ2n) is 7.81. The van der Waals surface area contributed by atoms with Gasteiger partial charge >= 0.3 is 0 Å². The highest BCUT2D eigenvalue weighted by atomic mass is 16.2. The molecule has 3 rings (SSSR count). The number of hydrogen-bond acceptors (Lipinski definition) is 5. The third kappa shape index (κ3) is 6.13. The van der Waals surface area contributed by atoms with E-state index in [0.717, 1.165) is 16.8 Å². The van der Waals surface area contributed by atoms with E-state index in [1.807, 2.05) is 36.9 Å². The van der Waals surface area contributed by atoms with Gasteiger partial charge in [-0.25, -0.2) is 0 Å². The number of aryl methyl sites for hydroxylation is 1. The van der Waals surface area contributed by atoms with E-state index < -0.39 is 5.91 Å². The summed E-state index contributed by atoms with van der Waals surface area (Å²) >= 11 is 0. The third-order valence-corrected chi connectivity index (χ3v) is 5.54. The number of carbonyl (C=O) groups is 3. The van der Waals surface area contributed by atoms with E-state index in [9.17, 15) is 14.4 Å². The number of primary amides is 1. The zero-order chi connectivity index (χ0) is 22.4. The van der Waals surface area contributed by atoms with E-state index in [0.29, 0.717) is 38.4 Å². The smallest absolute Gasteiger partial charge is 0.250 e. The molecule has 2 aromatic rings. The molecule has 3 amide bonds. The lowest BCUT2D eigenvalue weighted by atomic mass is 10.1. The summed E-state index contributed by atoms with van der Waals surface area (Å²) in [6.07, 6.45) is 0. The number of piperazine rings is 1. The number of hydrogen-bond donors (Lipinski definition) is 3. The van der Waals surface area contributed by atoms with Crippen molar-refractivity contribution in [3.8, 4) is 0 Å². The molecule has 1 aliphatic rings. The van der Waals surface area contributed by atoms with Gasteiger partial charge in [-0.15, -0.1) is 0 Å². The van der Waals surface area contributed by atoms with Crippen LogP contribution in [-0.2, 0) is 9.59 Å². The van der Waals surface area contributed by atoms with Gasteiger partial charge in [0.1, 0.15) is 0 Å². The van der Waals surface area contributed by atoms with Gasteiger partial charge in [-0.1, -0.05) is 24.3 Å². The van der Waals surface area contributed by atoms with Crippen LogP contribution in [0.3, 0.4) is 0 Å². The lowest BCUT2D eigenvalue weighted by Crippen LogP contribution is -2.50. The summed E-state index contributed by atoms with van der Waals surface area (Å²) in [7, 11) is 0. The fourth-order valence-electron chi connectivity index (χ4n) is 3.58. The van der Waals surface area contributed by atoms with Gasteiger partial charge in [0.25, 0.3) is 5.91 Å². The second-order valence-corrected chi connectivity index (χ2v) is 7.81. The van der Waals surface area contributed by atoms with Crippen molar-refractivity contribution in [3.05, 3.63) is 59.2 Å². The second kappa shape index (κ2) is 10.2. The molecule has 0 radical (unpaired) electrons. The van der Waals surface area contributed by atoms with Gasteiger partial charge in [-0.2, -0.15) is 0 Å². The van der Waals surface area contributed by atoms with E-state index in [1.54, 1.807) is 24.3 Å². The van der Waals surface area contributed by atoms with Gasteiger partial charge in [-0.05, 0) is 43.2 Å². The molecule has 1 aliphatic heterocycles. The highest BCUT2D eigenvalue weighted by Crippen LogP contribution is 2.18. The van der Waals surface area contributed by atoms with Crippen LogP contribution in [0.15, 0.2) is 42.5 Å². The van der Waals surface area contributed by atoms with Gasteiger partial charge in [0, 0.05) is 31.9 Å². The Morgan fingerprint density at radius 2 is 1.32 bits per heavy atom.